The van der Waals surface area contributed by atoms with Crippen LogP contribution in [0.25, 0.3) is 0 Å². The molecule has 15 heavy (non-hydrogen) atoms. The lowest BCUT2D eigenvalue weighted by Gasteiger charge is -2.15. The van der Waals surface area contributed by atoms with E-state index in [9.17, 15) is 4.79 Å². The van der Waals surface area contributed by atoms with E-state index in [1.54, 1.807) is 19.2 Å². The Hall–Kier alpha value is -1.58. The molecule has 1 aromatic heterocycles. The van der Waals surface area contributed by atoms with E-state index in [2.05, 4.69) is 4.98 Å². The van der Waals surface area contributed by atoms with Gasteiger partial charge < -0.3 is 9.84 Å². The van der Waals surface area contributed by atoms with Crippen LogP contribution in [0.15, 0.2) is 18.5 Å². The summed E-state index contributed by atoms with van der Waals surface area (Å²) in [6.07, 6.45) is 3.15. The lowest BCUT2D eigenvalue weighted by Crippen LogP contribution is -2.13. The summed E-state index contributed by atoms with van der Waals surface area (Å²) in [6, 6.07) is 1.69. The highest BCUT2D eigenvalue weighted by atomic mass is 16.5. The molecule has 0 aliphatic rings. The molecule has 0 radical (unpaired) electrons. The number of hydrogen-bond acceptors (Lipinski definition) is 3. The van der Waals surface area contributed by atoms with Gasteiger partial charge in [-0.3, -0.25) is 9.78 Å². The first kappa shape index (κ1) is 11.5. The zero-order valence-electron chi connectivity index (χ0n) is 9.10. The summed E-state index contributed by atoms with van der Waals surface area (Å²) in [6.45, 7) is 5.41. The molecule has 0 saturated carbocycles. The molecule has 1 N–H and O–H groups in total. The lowest BCUT2D eigenvalue weighted by atomic mass is 10.0. The van der Waals surface area contributed by atoms with Gasteiger partial charge in [-0.2, -0.15) is 0 Å². The Balaban J connectivity index is 3.00. The standard InChI is InChI=1S/C11H15NO3/c1-7(2)15-10-4-5-12-6-9(10)8(3)11(13)14/h4-8H,1-3H3,(H,13,14). The highest BCUT2D eigenvalue weighted by Crippen LogP contribution is 2.26. The van der Waals surface area contributed by atoms with Gasteiger partial charge in [0.05, 0.1) is 12.0 Å². The minimum atomic E-state index is -0.878. The van der Waals surface area contributed by atoms with Crippen molar-refractivity contribution in [2.24, 2.45) is 0 Å². The van der Waals surface area contributed by atoms with Gasteiger partial charge in [0.1, 0.15) is 5.75 Å². The summed E-state index contributed by atoms with van der Waals surface area (Å²) < 4.78 is 5.51. The van der Waals surface area contributed by atoms with Crippen molar-refractivity contribution < 1.29 is 14.6 Å². The molecule has 0 bridgehead atoms. The number of hydrogen-bond donors (Lipinski definition) is 1. The molecule has 1 unspecified atom stereocenters. The third-order valence-corrected chi connectivity index (χ3v) is 2.01. The predicted octanol–water partition coefficient (Wildman–Crippen LogP) is 2.06. The van der Waals surface area contributed by atoms with Crippen molar-refractivity contribution in [2.45, 2.75) is 32.8 Å². The van der Waals surface area contributed by atoms with Gasteiger partial charge in [0.15, 0.2) is 0 Å². The first-order chi connectivity index (χ1) is 7.02. The number of ether oxygens (including phenoxy) is 1. The van der Waals surface area contributed by atoms with E-state index in [-0.39, 0.29) is 6.10 Å². The minimum Gasteiger partial charge on any atom is -0.491 e. The summed E-state index contributed by atoms with van der Waals surface area (Å²) in [5.74, 6) is -0.890. The Morgan fingerprint density at radius 1 is 1.47 bits per heavy atom. The van der Waals surface area contributed by atoms with E-state index in [1.807, 2.05) is 13.8 Å². The average molecular weight is 209 g/mol. The Morgan fingerprint density at radius 3 is 2.67 bits per heavy atom. The number of carboxylic acid groups (broad SMARTS) is 1. The minimum absolute atomic E-state index is 0.0205. The Bertz CT molecular complexity index is 349. The monoisotopic (exact) mass is 209 g/mol. The van der Waals surface area contributed by atoms with Crippen LogP contribution >= 0.6 is 0 Å². The van der Waals surface area contributed by atoms with Crippen LogP contribution in [-0.4, -0.2) is 22.2 Å². The Kier molecular flexibility index (Phi) is 3.66. The van der Waals surface area contributed by atoms with Crippen LogP contribution in [0.5, 0.6) is 5.75 Å². The largest absolute Gasteiger partial charge is 0.491 e. The Labute approximate surface area is 88.9 Å². The molecule has 0 aliphatic carbocycles. The number of nitrogens with zero attached hydrogens (tertiary/aromatic N) is 1. The summed E-state index contributed by atoms with van der Waals surface area (Å²) >= 11 is 0. The zero-order chi connectivity index (χ0) is 11.4. The molecule has 4 nitrogen and oxygen atoms in total. The molecule has 0 spiro atoms. The fraction of sp³-hybridized carbons (Fsp3) is 0.455. The number of aliphatic carboxylic acids is 1. The average Bonchev–Trinajstić information content (AvgIpc) is 2.16. The van der Waals surface area contributed by atoms with Crippen molar-refractivity contribution in [3.63, 3.8) is 0 Å². The number of pyridine rings is 1. The maximum Gasteiger partial charge on any atom is 0.310 e. The van der Waals surface area contributed by atoms with Gasteiger partial charge in [-0.1, -0.05) is 0 Å². The SMILES string of the molecule is CC(C)Oc1ccncc1C(C)C(=O)O. The van der Waals surface area contributed by atoms with E-state index in [1.165, 1.54) is 6.20 Å². The summed E-state index contributed by atoms with van der Waals surface area (Å²) in [5, 5.41) is 8.91. The molecule has 82 valence electrons. The highest BCUT2D eigenvalue weighted by molar-refractivity contribution is 5.76. The van der Waals surface area contributed by atoms with E-state index in [0.717, 1.165) is 0 Å². The van der Waals surface area contributed by atoms with E-state index < -0.39 is 11.9 Å². The fourth-order valence-electron chi connectivity index (χ4n) is 1.21. The van der Waals surface area contributed by atoms with Gasteiger partial charge >= 0.3 is 5.97 Å². The molecule has 1 aromatic rings. The maximum atomic E-state index is 10.9. The molecule has 0 fully saturated rings. The van der Waals surface area contributed by atoms with Crippen LogP contribution in [-0.2, 0) is 4.79 Å². The van der Waals surface area contributed by atoms with Crippen LogP contribution < -0.4 is 4.74 Å². The van der Waals surface area contributed by atoms with Crippen LogP contribution in [0, 0.1) is 0 Å². The molecular weight excluding hydrogens is 194 g/mol. The molecule has 0 aromatic carbocycles. The molecule has 1 rings (SSSR count). The number of carbonyl (C=O) groups is 1. The lowest BCUT2D eigenvalue weighted by molar-refractivity contribution is -0.138. The molecular formula is C11H15NO3. The topological polar surface area (TPSA) is 59.4 Å². The van der Waals surface area contributed by atoms with E-state index >= 15 is 0 Å². The smallest absolute Gasteiger partial charge is 0.310 e. The summed E-state index contributed by atoms with van der Waals surface area (Å²) in [5.41, 5.74) is 0.610. The van der Waals surface area contributed by atoms with Crippen LogP contribution in [0.3, 0.4) is 0 Å². The molecule has 1 heterocycles. The van der Waals surface area contributed by atoms with Gasteiger partial charge in [-0.25, -0.2) is 0 Å². The van der Waals surface area contributed by atoms with Gasteiger partial charge in [-0.05, 0) is 26.8 Å². The van der Waals surface area contributed by atoms with Crippen molar-refractivity contribution in [1.29, 1.82) is 0 Å². The first-order valence-corrected chi connectivity index (χ1v) is 4.85. The quantitative estimate of drug-likeness (QED) is 0.824. The number of carboxylic acids is 1. The van der Waals surface area contributed by atoms with E-state index in [4.69, 9.17) is 9.84 Å². The third-order valence-electron chi connectivity index (χ3n) is 2.01. The van der Waals surface area contributed by atoms with Crippen molar-refractivity contribution in [1.82, 2.24) is 4.98 Å². The highest BCUT2D eigenvalue weighted by Gasteiger charge is 2.18. The third kappa shape index (κ3) is 2.94. The van der Waals surface area contributed by atoms with Crippen molar-refractivity contribution >= 4 is 5.97 Å². The number of aromatic nitrogens is 1. The predicted molar refractivity (Wildman–Crippen MR) is 56.1 cm³/mol. The fourth-order valence-corrected chi connectivity index (χ4v) is 1.21. The van der Waals surface area contributed by atoms with Crippen LogP contribution in [0.1, 0.15) is 32.3 Å². The van der Waals surface area contributed by atoms with Crippen molar-refractivity contribution in [2.75, 3.05) is 0 Å². The number of rotatable bonds is 4. The molecule has 0 saturated heterocycles. The summed E-state index contributed by atoms with van der Waals surface area (Å²) in [4.78, 5) is 14.8. The molecule has 1 atom stereocenters. The van der Waals surface area contributed by atoms with Gasteiger partial charge in [0.25, 0.3) is 0 Å². The molecule has 0 aliphatic heterocycles. The van der Waals surface area contributed by atoms with Gasteiger partial charge in [0, 0.05) is 18.0 Å². The van der Waals surface area contributed by atoms with Crippen LogP contribution in [0.4, 0.5) is 0 Å². The second-order valence-electron chi connectivity index (χ2n) is 3.64. The van der Waals surface area contributed by atoms with Gasteiger partial charge in [-0.15, -0.1) is 0 Å². The second kappa shape index (κ2) is 4.77. The van der Waals surface area contributed by atoms with Crippen molar-refractivity contribution in [3.8, 4) is 5.75 Å². The first-order valence-electron chi connectivity index (χ1n) is 4.85. The van der Waals surface area contributed by atoms with Crippen LogP contribution in [0.2, 0.25) is 0 Å². The zero-order valence-corrected chi connectivity index (χ0v) is 9.10. The molecule has 0 amide bonds. The second-order valence-corrected chi connectivity index (χ2v) is 3.64. The van der Waals surface area contributed by atoms with E-state index in [0.29, 0.717) is 11.3 Å². The Morgan fingerprint density at radius 2 is 2.13 bits per heavy atom. The summed E-state index contributed by atoms with van der Waals surface area (Å²) in [7, 11) is 0. The maximum absolute atomic E-state index is 10.9. The van der Waals surface area contributed by atoms with Gasteiger partial charge in [0.2, 0.25) is 0 Å². The normalized spacial score (nSPS) is 12.5. The van der Waals surface area contributed by atoms with Crippen molar-refractivity contribution in [3.05, 3.63) is 24.0 Å². The molecule has 4 heteroatoms.